The van der Waals surface area contributed by atoms with Crippen molar-refractivity contribution in [2.75, 3.05) is 12.3 Å². The van der Waals surface area contributed by atoms with E-state index < -0.39 is 16.0 Å². The summed E-state index contributed by atoms with van der Waals surface area (Å²) in [6.45, 7) is 2.57. The zero-order valence-corrected chi connectivity index (χ0v) is 11.1. The fraction of sp³-hybridized carbons (Fsp3) is 0.909. The van der Waals surface area contributed by atoms with E-state index in [9.17, 15) is 13.2 Å². The van der Waals surface area contributed by atoms with E-state index in [0.29, 0.717) is 6.54 Å². The first-order valence-electron chi connectivity index (χ1n) is 6.02. The van der Waals surface area contributed by atoms with Crippen LogP contribution in [0.15, 0.2) is 0 Å². The molecule has 0 aromatic carbocycles. The molecule has 1 rings (SSSR count). The van der Waals surface area contributed by atoms with Crippen LogP contribution in [0, 0.1) is 5.41 Å². The molecule has 1 aliphatic carbocycles. The Kier molecular flexibility index (Phi) is 4.94. The van der Waals surface area contributed by atoms with E-state index in [1.807, 2.05) is 0 Å². The molecule has 0 unspecified atom stereocenters. The van der Waals surface area contributed by atoms with E-state index in [0.717, 1.165) is 25.7 Å². The molecular formula is C11H21NO4S. The second kappa shape index (κ2) is 5.82. The summed E-state index contributed by atoms with van der Waals surface area (Å²) in [6, 6.07) is 0. The predicted molar refractivity (Wildman–Crippen MR) is 65.2 cm³/mol. The fourth-order valence-corrected chi connectivity index (χ4v) is 3.41. The van der Waals surface area contributed by atoms with Gasteiger partial charge in [-0.3, -0.25) is 4.79 Å². The van der Waals surface area contributed by atoms with Crippen molar-refractivity contribution >= 4 is 16.0 Å². The van der Waals surface area contributed by atoms with E-state index in [2.05, 4.69) is 11.6 Å². The first-order chi connectivity index (χ1) is 7.83. The maximum atomic E-state index is 11.6. The molecule has 0 spiro atoms. The van der Waals surface area contributed by atoms with Crippen LogP contribution in [0.5, 0.6) is 0 Å². The molecule has 0 saturated heterocycles. The average Bonchev–Trinajstić information content (AvgIpc) is 2.63. The number of hydrogen-bond acceptors (Lipinski definition) is 3. The number of carboxylic acids is 1. The van der Waals surface area contributed by atoms with Gasteiger partial charge >= 0.3 is 5.97 Å². The van der Waals surface area contributed by atoms with E-state index in [4.69, 9.17) is 5.11 Å². The fourth-order valence-electron chi connectivity index (χ4n) is 2.18. The number of hydrogen-bond donors (Lipinski definition) is 2. The van der Waals surface area contributed by atoms with Crippen molar-refractivity contribution in [2.24, 2.45) is 5.41 Å². The third-order valence-electron chi connectivity index (χ3n) is 3.33. The lowest BCUT2D eigenvalue weighted by molar-refractivity contribution is -0.137. The minimum Gasteiger partial charge on any atom is -0.481 e. The maximum Gasteiger partial charge on any atom is 0.303 e. The molecule has 0 aliphatic heterocycles. The molecule has 0 aromatic heterocycles. The highest BCUT2D eigenvalue weighted by Crippen LogP contribution is 2.36. The molecule has 0 heterocycles. The zero-order valence-electron chi connectivity index (χ0n) is 10.2. The quantitative estimate of drug-likeness (QED) is 0.726. The average molecular weight is 263 g/mol. The molecule has 0 atom stereocenters. The van der Waals surface area contributed by atoms with Crippen LogP contribution in [0.4, 0.5) is 0 Å². The summed E-state index contributed by atoms with van der Waals surface area (Å²) in [5, 5.41) is 8.44. The van der Waals surface area contributed by atoms with Gasteiger partial charge in [0.15, 0.2) is 0 Å². The predicted octanol–water partition coefficient (Wildman–Crippen LogP) is 1.35. The van der Waals surface area contributed by atoms with Crippen molar-refractivity contribution in [3.05, 3.63) is 0 Å². The normalized spacial score (nSPS) is 19.4. The van der Waals surface area contributed by atoms with Crippen LogP contribution < -0.4 is 4.72 Å². The Morgan fingerprint density at radius 1 is 1.35 bits per heavy atom. The molecule has 6 heteroatoms. The third kappa shape index (κ3) is 5.50. The van der Waals surface area contributed by atoms with Crippen molar-refractivity contribution in [1.82, 2.24) is 4.72 Å². The van der Waals surface area contributed by atoms with Gasteiger partial charge in [-0.15, -0.1) is 0 Å². The lowest BCUT2D eigenvalue weighted by atomic mass is 9.89. The van der Waals surface area contributed by atoms with Gasteiger partial charge in [-0.1, -0.05) is 19.8 Å². The molecule has 0 amide bonds. The molecule has 1 aliphatic rings. The summed E-state index contributed by atoms with van der Waals surface area (Å²) in [5.74, 6) is -1.06. The molecule has 17 heavy (non-hydrogen) atoms. The summed E-state index contributed by atoms with van der Waals surface area (Å²) in [4.78, 5) is 10.3. The Bertz CT molecular complexity index is 358. The molecule has 5 nitrogen and oxygen atoms in total. The summed E-state index contributed by atoms with van der Waals surface area (Å²) in [5.41, 5.74) is 0.0832. The van der Waals surface area contributed by atoms with E-state index in [1.165, 1.54) is 0 Å². The van der Waals surface area contributed by atoms with Gasteiger partial charge < -0.3 is 5.11 Å². The summed E-state index contributed by atoms with van der Waals surface area (Å²) in [7, 11) is -3.32. The smallest absolute Gasteiger partial charge is 0.303 e. The molecule has 0 aromatic rings. The Morgan fingerprint density at radius 2 is 1.94 bits per heavy atom. The molecule has 0 bridgehead atoms. The van der Waals surface area contributed by atoms with Crippen molar-refractivity contribution < 1.29 is 18.3 Å². The van der Waals surface area contributed by atoms with Gasteiger partial charge in [-0.2, -0.15) is 0 Å². The van der Waals surface area contributed by atoms with Crippen molar-refractivity contribution in [3.8, 4) is 0 Å². The van der Waals surface area contributed by atoms with Crippen LogP contribution in [-0.4, -0.2) is 31.8 Å². The maximum absolute atomic E-state index is 11.6. The van der Waals surface area contributed by atoms with Gasteiger partial charge in [-0.05, 0) is 24.7 Å². The number of aliphatic carboxylic acids is 1. The SMILES string of the molecule is CC1(CNS(=O)(=O)CCCC(=O)O)CCCC1. The lowest BCUT2D eigenvalue weighted by Crippen LogP contribution is -2.35. The van der Waals surface area contributed by atoms with Gasteiger partial charge in [0.25, 0.3) is 0 Å². The van der Waals surface area contributed by atoms with E-state index in [1.54, 1.807) is 0 Å². The van der Waals surface area contributed by atoms with Crippen molar-refractivity contribution in [3.63, 3.8) is 0 Å². The van der Waals surface area contributed by atoms with Crippen LogP contribution in [0.25, 0.3) is 0 Å². The van der Waals surface area contributed by atoms with Crippen LogP contribution in [0.2, 0.25) is 0 Å². The first kappa shape index (κ1) is 14.4. The second-order valence-corrected chi connectivity index (χ2v) is 7.08. The summed E-state index contributed by atoms with van der Waals surface area (Å²) in [6.07, 6.45) is 4.52. The van der Waals surface area contributed by atoms with Gasteiger partial charge in [0, 0.05) is 13.0 Å². The first-order valence-corrected chi connectivity index (χ1v) is 7.67. The Balaban J connectivity index is 2.31. The van der Waals surface area contributed by atoms with Crippen molar-refractivity contribution in [2.45, 2.75) is 45.4 Å². The Morgan fingerprint density at radius 3 is 2.47 bits per heavy atom. The molecule has 1 fully saturated rings. The Hall–Kier alpha value is -0.620. The van der Waals surface area contributed by atoms with Crippen LogP contribution in [0.1, 0.15) is 45.4 Å². The molecule has 100 valence electrons. The lowest BCUT2D eigenvalue weighted by Gasteiger charge is -2.23. The van der Waals surface area contributed by atoms with Gasteiger partial charge in [0.2, 0.25) is 10.0 Å². The van der Waals surface area contributed by atoms with E-state index >= 15 is 0 Å². The number of carboxylic acid groups (broad SMARTS) is 1. The number of sulfonamides is 1. The largest absolute Gasteiger partial charge is 0.481 e. The number of nitrogens with one attached hydrogen (secondary N) is 1. The van der Waals surface area contributed by atoms with Crippen molar-refractivity contribution in [1.29, 1.82) is 0 Å². The highest BCUT2D eigenvalue weighted by atomic mass is 32.2. The minimum absolute atomic E-state index is 0.0832. The summed E-state index contributed by atoms with van der Waals surface area (Å²) >= 11 is 0. The van der Waals surface area contributed by atoms with Gasteiger partial charge in [0.1, 0.15) is 0 Å². The third-order valence-corrected chi connectivity index (χ3v) is 4.74. The Labute approximate surface area is 103 Å². The topological polar surface area (TPSA) is 83.5 Å². The van der Waals surface area contributed by atoms with Gasteiger partial charge in [0.05, 0.1) is 5.75 Å². The molecule has 0 radical (unpaired) electrons. The van der Waals surface area contributed by atoms with Crippen LogP contribution in [-0.2, 0) is 14.8 Å². The molecular weight excluding hydrogens is 242 g/mol. The molecule has 2 N–H and O–H groups in total. The monoisotopic (exact) mass is 263 g/mol. The standard InChI is InChI=1S/C11H21NO4S/c1-11(6-2-3-7-11)9-12-17(15,16)8-4-5-10(13)14/h12H,2-9H2,1H3,(H,13,14). The van der Waals surface area contributed by atoms with E-state index in [-0.39, 0.29) is 24.0 Å². The zero-order chi connectivity index (χ0) is 12.9. The van der Waals surface area contributed by atoms with Crippen LogP contribution >= 0.6 is 0 Å². The van der Waals surface area contributed by atoms with Crippen LogP contribution in [0.3, 0.4) is 0 Å². The second-order valence-electron chi connectivity index (χ2n) is 5.16. The number of carbonyl (C=O) groups is 1. The molecule has 1 saturated carbocycles. The minimum atomic E-state index is -3.32. The summed E-state index contributed by atoms with van der Waals surface area (Å²) < 4.78 is 25.8. The highest BCUT2D eigenvalue weighted by Gasteiger charge is 2.29. The number of rotatable bonds is 7. The highest BCUT2D eigenvalue weighted by molar-refractivity contribution is 7.89. The van der Waals surface area contributed by atoms with Gasteiger partial charge in [-0.25, -0.2) is 13.1 Å².